The Bertz CT molecular complexity index is 435. The smallest absolute Gasteiger partial charge is 0.129 e. The van der Waals surface area contributed by atoms with Gasteiger partial charge >= 0.3 is 0 Å². The average Bonchev–Trinajstić information content (AvgIpc) is 2.18. The SMILES string of the molecule is FCc1c(F)ccc2ccccc12. The van der Waals surface area contributed by atoms with E-state index >= 15 is 0 Å². The maximum absolute atomic E-state index is 13.1. The van der Waals surface area contributed by atoms with E-state index in [2.05, 4.69) is 0 Å². The summed E-state index contributed by atoms with van der Waals surface area (Å²) in [4.78, 5) is 0. The van der Waals surface area contributed by atoms with Crippen LogP contribution >= 0.6 is 0 Å². The minimum absolute atomic E-state index is 0.151. The van der Waals surface area contributed by atoms with Gasteiger partial charge in [0.05, 0.1) is 0 Å². The summed E-state index contributed by atoms with van der Waals surface area (Å²) in [6.45, 7) is -0.757. The Morgan fingerprint density at radius 3 is 2.54 bits per heavy atom. The normalized spacial score (nSPS) is 10.6. The first-order valence-corrected chi connectivity index (χ1v) is 4.05. The molecule has 0 unspecified atom stereocenters. The van der Waals surface area contributed by atoms with Crippen molar-refractivity contribution in [1.29, 1.82) is 0 Å². The van der Waals surface area contributed by atoms with Gasteiger partial charge in [0.25, 0.3) is 0 Å². The number of alkyl halides is 1. The van der Waals surface area contributed by atoms with Crippen LogP contribution < -0.4 is 0 Å². The van der Waals surface area contributed by atoms with Crippen molar-refractivity contribution >= 4 is 10.8 Å². The minimum atomic E-state index is -0.757. The first-order chi connectivity index (χ1) is 6.33. The van der Waals surface area contributed by atoms with Crippen molar-refractivity contribution in [3.8, 4) is 0 Å². The third kappa shape index (κ3) is 1.28. The fourth-order valence-electron chi connectivity index (χ4n) is 1.45. The molecule has 0 bridgehead atoms. The molecule has 0 spiro atoms. The van der Waals surface area contributed by atoms with E-state index in [0.717, 1.165) is 5.39 Å². The molecule has 2 aromatic rings. The summed E-state index contributed by atoms with van der Waals surface area (Å²) in [5.74, 6) is -0.471. The Morgan fingerprint density at radius 2 is 1.77 bits per heavy atom. The van der Waals surface area contributed by atoms with E-state index in [1.54, 1.807) is 18.2 Å². The summed E-state index contributed by atoms with van der Waals surface area (Å²) in [7, 11) is 0. The zero-order valence-electron chi connectivity index (χ0n) is 6.93. The molecule has 0 N–H and O–H groups in total. The molecule has 0 heterocycles. The molecule has 0 aliphatic heterocycles. The lowest BCUT2D eigenvalue weighted by molar-refractivity contribution is 0.467. The number of halogens is 2. The van der Waals surface area contributed by atoms with Gasteiger partial charge in [0, 0.05) is 5.56 Å². The first-order valence-electron chi connectivity index (χ1n) is 4.05. The van der Waals surface area contributed by atoms with Crippen LogP contribution in [0.5, 0.6) is 0 Å². The number of hydrogen-bond acceptors (Lipinski definition) is 0. The van der Waals surface area contributed by atoms with Crippen LogP contribution in [0, 0.1) is 5.82 Å². The molecule has 0 aliphatic rings. The van der Waals surface area contributed by atoms with Crippen LogP contribution in [0.3, 0.4) is 0 Å². The van der Waals surface area contributed by atoms with Gasteiger partial charge in [-0.3, -0.25) is 0 Å². The molecule has 2 aromatic carbocycles. The second-order valence-corrected chi connectivity index (χ2v) is 2.88. The standard InChI is InChI=1S/C11H8F2/c12-7-10-9-4-2-1-3-8(9)5-6-11(10)13/h1-6H,7H2. The molecule has 66 valence electrons. The van der Waals surface area contributed by atoms with Crippen molar-refractivity contribution in [2.45, 2.75) is 6.67 Å². The predicted octanol–water partition coefficient (Wildman–Crippen LogP) is 3.45. The van der Waals surface area contributed by atoms with Gasteiger partial charge in [0.2, 0.25) is 0 Å². The number of fused-ring (bicyclic) bond motifs is 1. The third-order valence-electron chi connectivity index (χ3n) is 2.12. The van der Waals surface area contributed by atoms with Crippen LogP contribution in [0.15, 0.2) is 36.4 Å². The Morgan fingerprint density at radius 1 is 1.00 bits per heavy atom. The Balaban J connectivity index is 2.84. The lowest BCUT2D eigenvalue weighted by atomic mass is 10.1. The van der Waals surface area contributed by atoms with E-state index in [-0.39, 0.29) is 5.56 Å². The molecule has 2 heteroatoms. The second kappa shape index (κ2) is 3.13. The molecule has 0 radical (unpaired) electrons. The zero-order valence-corrected chi connectivity index (χ0v) is 6.93. The fraction of sp³-hybridized carbons (Fsp3) is 0.0909. The molecule has 0 aliphatic carbocycles. The number of benzene rings is 2. The summed E-state index contributed by atoms with van der Waals surface area (Å²) >= 11 is 0. The van der Waals surface area contributed by atoms with Gasteiger partial charge < -0.3 is 0 Å². The highest BCUT2D eigenvalue weighted by Crippen LogP contribution is 2.22. The predicted molar refractivity (Wildman–Crippen MR) is 48.7 cm³/mol. The van der Waals surface area contributed by atoms with E-state index in [1.807, 2.05) is 12.1 Å². The van der Waals surface area contributed by atoms with Crippen LogP contribution in [0.1, 0.15) is 5.56 Å². The summed E-state index contributed by atoms with van der Waals surface area (Å²) in [6.07, 6.45) is 0. The van der Waals surface area contributed by atoms with Gasteiger partial charge in [-0.05, 0) is 16.8 Å². The van der Waals surface area contributed by atoms with E-state index in [1.165, 1.54) is 6.07 Å². The fourth-order valence-corrected chi connectivity index (χ4v) is 1.45. The second-order valence-electron chi connectivity index (χ2n) is 2.88. The summed E-state index contributed by atoms with van der Waals surface area (Å²) < 4.78 is 25.6. The van der Waals surface area contributed by atoms with Crippen LogP contribution in [0.2, 0.25) is 0 Å². The first kappa shape index (κ1) is 8.17. The van der Waals surface area contributed by atoms with Crippen molar-refractivity contribution in [2.75, 3.05) is 0 Å². The quantitative estimate of drug-likeness (QED) is 0.627. The van der Waals surface area contributed by atoms with Crippen LogP contribution in [0.25, 0.3) is 10.8 Å². The summed E-state index contributed by atoms with van der Waals surface area (Å²) in [5, 5.41) is 1.53. The molecule has 0 fully saturated rings. The number of rotatable bonds is 1. The molecule has 2 rings (SSSR count). The van der Waals surface area contributed by atoms with E-state index < -0.39 is 12.5 Å². The maximum Gasteiger partial charge on any atom is 0.129 e. The maximum atomic E-state index is 13.1. The Hall–Kier alpha value is -1.44. The van der Waals surface area contributed by atoms with E-state index in [9.17, 15) is 8.78 Å². The highest BCUT2D eigenvalue weighted by Gasteiger charge is 2.05. The Kier molecular flexibility index (Phi) is 1.97. The Labute approximate surface area is 74.8 Å². The highest BCUT2D eigenvalue weighted by molar-refractivity contribution is 5.85. The topological polar surface area (TPSA) is 0 Å². The zero-order chi connectivity index (χ0) is 9.26. The van der Waals surface area contributed by atoms with Crippen molar-refractivity contribution < 1.29 is 8.78 Å². The van der Waals surface area contributed by atoms with Gasteiger partial charge in [-0.2, -0.15) is 0 Å². The van der Waals surface area contributed by atoms with E-state index in [4.69, 9.17) is 0 Å². The number of hydrogen-bond donors (Lipinski definition) is 0. The largest absolute Gasteiger partial charge is 0.246 e. The molecule has 0 nitrogen and oxygen atoms in total. The van der Waals surface area contributed by atoms with Gasteiger partial charge in [-0.15, -0.1) is 0 Å². The van der Waals surface area contributed by atoms with Crippen molar-refractivity contribution in [3.63, 3.8) is 0 Å². The molecule has 13 heavy (non-hydrogen) atoms. The van der Waals surface area contributed by atoms with Gasteiger partial charge in [0.15, 0.2) is 0 Å². The third-order valence-corrected chi connectivity index (χ3v) is 2.12. The van der Waals surface area contributed by atoms with Gasteiger partial charge in [-0.25, -0.2) is 8.78 Å². The van der Waals surface area contributed by atoms with Crippen molar-refractivity contribution in [1.82, 2.24) is 0 Å². The van der Waals surface area contributed by atoms with Crippen molar-refractivity contribution in [2.24, 2.45) is 0 Å². The van der Waals surface area contributed by atoms with E-state index in [0.29, 0.717) is 5.39 Å². The van der Waals surface area contributed by atoms with Crippen LogP contribution in [-0.2, 0) is 6.67 Å². The molecule has 0 saturated heterocycles. The lowest BCUT2D eigenvalue weighted by Crippen LogP contribution is -1.88. The summed E-state index contributed by atoms with van der Waals surface area (Å²) in [6, 6.07) is 10.2. The monoisotopic (exact) mass is 178 g/mol. The van der Waals surface area contributed by atoms with Crippen LogP contribution in [0.4, 0.5) is 8.78 Å². The molecular weight excluding hydrogens is 170 g/mol. The molecule has 0 aromatic heterocycles. The molecular formula is C11H8F2. The highest BCUT2D eigenvalue weighted by atomic mass is 19.1. The molecule has 0 amide bonds. The van der Waals surface area contributed by atoms with Gasteiger partial charge in [-0.1, -0.05) is 30.3 Å². The minimum Gasteiger partial charge on any atom is -0.246 e. The summed E-state index contributed by atoms with van der Waals surface area (Å²) in [5.41, 5.74) is 0.151. The average molecular weight is 178 g/mol. The lowest BCUT2D eigenvalue weighted by Gasteiger charge is -2.03. The van der Waals surface area contributed by atoms with Crippen molar-refractivity contribution in [3.05, 3.63) is 47.8 Å². The molecule has 0 saturated carbocycles. The van der Waals surface area contributed by atoms with Gasteiger partial charge in [0.1, 0.15) is 12.5 Å². The van der Waals surface area contributed by atoms with Crippen LogP contribution in [-0.4, -0.2) is 0 Å². The molecule has 0 atom stereocenters.